The number of ether oxygens (including phenoxy) is 2. The van der Waals surface area contributed by atoms with Gasteiger partial charge < -0.3 is 24.4 Å². The number of benzene rings is 1. The first kappa shape index (κ1) is 24.9. The molecule has 0 saturated carbocycles. The number of hydrogen-bond donors (Lipinski definition) is 1. The number of carbonyl (C=O) groups excluding carboxylic acids is 2. The number of rotatable bonds is 8. The minimum atomic E-state index is -0.891. The molecule has 33 heavy (non-hydrogen) atoms. The van der Waals surface area contributed by atoms with Gasteiger partial charge in [0.25, 0.3) is 5.91 Å². The Labute approximate surface area is 195 Å². The van der Waals surface area contributed by atoms with E-state index in [1.54, 1.807) is 44.1 Å². The maximum absolute atomic E-state index is 12.9. The third-order valence-electron chi connectivity index (χ3n) is 6.25. The third-order valence-corrected chi connectivity index (χ3v) is 6.25. The highest BCUT2D eigenvalue weighted by Crippen LogP contribution is 2.30. The molecule has 0 bridgehead atoms. The van der Waals surface area contributed by atoms with Crippen LogP contribution in [0.15, 0.2) is 18.2 Å². The van der Waals surface area contributed by atoms with Gasteiger partial charge in [-0.25, -0.2) is 0 Å². The predicted molar refractivity (Wildman–Crippen MR) is 123 cm³/mol. The summed E-state index contributed by atoms with van der Waals surface area (Å²) in [4.78, 5) is 40.1. The van der Waals surface area contributed by atoms with Crippen LogP contribution in [0.2, 0.25) is 0 Å². The smallest absolute Gasteiger partial charge is 0.303 e. The molecule has 2 amide bonds. The molecule has 8 heteroatoms. The summed E-state index contributed by atoms with van der Waals surface area (Å²) in [5.74, 6) is 0.212. The molecule has 181 valence electrons. The zero-order chi connectivity index (χ0) is 24.0. The lowest BCUT2D eigenvalue weighted by Gasteiger charge is -2.34. The molecule has 3 rings (SSSR count). The number of carbonyl (C=O) groups is 3. The normalized spacial score (nSPS) is 17.5. The van der Waals surface area contributed by atoms with Crippen molar-refractivity contribution in [2.24, 2.45) is 5.41 Å². The van der Waals surface area contributed by atoms with Crippen molar-refractivity contribution in [3.63, 3.8) is 0 Å². The molecule has 8 nitrogen and oxygen atoms in total. The molecule has 0 spiro atoms. The van der Waals surface area contributed by atoms with Gasteiger partial charge >= 0.3 is 5.97 Å². The van der Waals surface area contributed by atoms with E-state index in [-0.39, 0.29) is 30.8 Å². The summed E-state index contributed by atoms with van der Waals surface area (Å²) in [7, 11) is 1.55. The Hall–Kier alpha value is -2.77. The SMILES string of the molecule is COc1cc(OC2CCN(C(=O)CC(C)(C)CC(=O)O)CC2)ccc1C(=O)N1CC[CH]CC1. The molecule has 2 heterocycles. The van der Waals surface area contributed by atoms with Gasteiger partial charge in [-0.05, 0) is 36.8 Å². The fourth-order valence-corrected chi connectivity index (χ4v) is 4.45. The van der Waals surface area contributed by atoms with Gasteiger partial charge in [0.1, 0.15) is 17.6 Å². The second kappa shape index (κ2) is 10.9. The van der Waals surface area contributed by atoms with E-state index < -0.39 is 11.4 Å². The number of carboxylic acid groups (broad SMARTS) is 1. The number of amides is 2. The summed E-state index contributed by atoms with van der Waals surface area (Å²) >= 11 is 0. The molecule has 2 aliphatic heterocycles. The van der Waals surface area contributed by atoms with Gasteiger partial charge in [-0.15, -0.1) is 0 Å². The maximum atomic E-state index is 12.9. The largest absolute Gasteiger partial charge is 0.496 e. The highest BCUT2D eigenvalue weighted by Gasteiger charge is 2.30. The van der Waals surface area contributed by atoms with Crippen molar-refractivity contribution in [1.29, 1.82) is 0 Å². The quantitative estimate of drug-likeness (QED) is 0.640. The number of nitrogens with zero attached hydrogens (tertiary/aromatic N) is 2. The zero-order valence-corrected chi connectivity index (χ0v) is 19.8. The van der Waals surface area contributed by atoms with Crippen molar-refractivity contribution < 1.29 is 29.0 Å². The Morgan fingerprint density at radius 3 is 2.30 bits per heavy atom. The lowest BCUT2D eigenvalue weighted by atomic mass is 9.85. The average Bonchev–Trinajstić information content (AvgIpc) is 2.78. The van der Waals surface area contributed by atoms with Gasteiger partial charge in [0.15, 0.2) is 0 Å². The number of hydrogen-bond acceptors (Lipinski definition) is 5. The Bertz CT molecular complexity index is 854. The number of piperidine rings is 2. The van der Waals surface area contributed by atoms with E-state index in [1.165, 1.54) is 0 Å². The fraction of sp³-hybridized carbons (Fsp3) is 0.600. The van der Waals surface area contributed by atoms with Crippen molar-refractivity contribution in [1.82, 2.24) is 9.80 Å². The van der Waals surface area contributed by atoms with Crippen LogP contribution in [-0.2, 0) is 9.59 Å². The van der Waals surface area contributed by atoms with E-state index >= 15 is 0 Å². The Balaban J connectivity index is 1.54. The van der Waals surface area contributed by atoms with Crippen LogP contribution in [0.5, 0.6) is 11.5 Å². The van der Waals surface area contributed by atoms with Crippen molar-refractivity contribution in [3.8, 4) is 11.5 Å². The van der Waals surface area contributed by atoms with E-state index in [0.717, 1.165) is 25.9 Å². The molecule has 1 aromatic rings. The maximum Gasteiger partial charge on any atom is 0.303 e. The Kier molecular flexibility index (Phi) is 8.21. The highest BCUT2D eigenvalue weighted by atomic mass is 16.5. The molecule has 1 N–H and O–H groups in total. The van der Waals surface area contributed by atoms with Crippen LogP contribution in [-0.4, -0.2) is 72.1 Å². The van der Waals surface area contributed by atoms with Gasteiger partial charge in [0.2, 0.25) is 5.91 Å². The third kappa shape index (κ3) is 6.85. The molecule has 0 unspecified atom stereocenters. The first-order valence-corrected chi connectivity index (χ1v) is 11.6. The van der Waals surface area contributed by atoms with Gasteiger partial charge in [-0.1, -0.05) is 13.8 Å². The molecule has 0 aromatic heterocycles. The highest BCUT2D eigenvalue weighted by molar-refractivity contribution is 5.97. The van der Waals surface area contributed by atoms with Crippen LogP contribution >= 0.6 is 0 Å². The van der Waals surface area contributed by atoms with E-state index in [2.05, 4.69) is 6.42 Å². The predicted octanol–water partition coefficient (Wildman–Crippen LogP) is 3.40. The Morgan fingerprint density at radius 1 is 1.03 bits per heavy atom. The lowest BCUT2D eigenvalue weighted by Crippen LogP contribution is -2.43. The monoisotopic (exact) mass is 459 g/mol. The molecule has 2 fully saturated rings. The lowest BCUT2D eigenvalue weighted by molar-refractivity contribution is -0.141. The average molecular weight is 460 g/mol. The molecule has 2 aliphatic rings. The molecule has 1 aromatic carbocycles. The van der Waals surface area contributed by atoms with E-state index in [9.17, 15) is 14.4 Å². The van der Waals surface area contributed by atoms with E-state index in [4.69, 9.17) is 14.6 Å². The molecule has 2 saturated heterocycles. The summed E-state index contributed by atoms with van der Waals surface area (Å²) in [6.45, 7) is 6.22. The van der Waals surface area contributed by atoms with Crippen LogP contribution in [0, 0.1) is 11.8 Å². The summed E-state index contributed by atoms with van der Waals surface area (Å²) < 4.78 is 11.6. The number of likely N-dealkylation sites (tertiary alicyclic amines) is 2. The van der Waals surface area contributed by atoms with Crippen LogP contribution in [0.25, 0.3) is 0 Å². The summed E-state index contributed by atoms with van der Waals surface area (Å²) in [6.07, 6.45) is 5.55. The van der Waals surface area contributed by atoms with E-state index in [0.29, 0.717) is 43.0 Å². The van der Waals surface area contributed by atoms with Crippen LogP contribution < -0.4 is 9.47 Å². The number of methoxy groups -OCH3 is 1. The minimum absolute atomic E-state index is 0.0143. The molecular formula is C25H35N2O6. The standard InChI is InChI=1S/C25H35N2O6/c1-25(2,17-23(29)30)16-22(28)26-13-9-18(10-14-26)33-19-7-8-20(21(15-19)32-3)24(31)27-11-5-4-6-12-27/h4,7-8,15,18H,5-6,9-14,16-17H2,1-3H3,(H,29,30). The summed E-state index contributed by atoms with van der Waals surface area (Å²) in [5, 5.41) is 9.03. The van der Waals surface area contributed by atoms with Crippen molar-refractivity contribution in [2.45, 2.75) is 58.5 Å². The summed E-state index contributed by atoms with van der Waals surface area (Å²) in [6, 6.07) is 5.32. The summed E-state index contributed by atoms with van der Waals surface area (Å²) in [5.41, 5.74) is -0.0329. The van der Waals surface area contributed by atoms with Crippen LogP contribution in [0.3, 0.4) is 0 Å². The molecule has 1 radical (unpaired) electrons. The molecule has 0 aliphatic carbocycles. The topological polar surface area (TPSA) is 96.4 Å². The van der Waals surface area contributed by atoms with E-state index in [1.807, 2.05) is 4.90 Å². The minimum Gasteiger partial charge on any atom is -0.496 e. The van der Waals surface area contributed by atoms with Crippen LogP contribution in [0.1, 0.15) is 62.7 Å². The second-order valence-electron chi connectivity index (χ2n) is 9.63. The number of carboxylic acids is 1. The number of aliphatic carboxylic acids is 1. The zero-order valence-electron chi connectivity index (χ0n) is 19.8. The van der Waals surface area contributed by atoms with Crippen molar-refractivity contribution in [3.05, 3.63) is 30.2 Å². The van der Waals surface area contributed by atoms with Gasteiger partial charge in [0.05, 0.1) is 19.1 Å². The molecule has 0 atom stereocenters. The van der Waals surface area contributed by atoms with Crippen molar-refractivity contribution in [2.75, 3.05) is 33.3 Å². The van der Waals surface area contributed by atoms with Gasteiger partial charge in [-0.2, -0.15) is 0 Å². The fourth-order valence-electron chi connectivity index (χ4n) is 4.45. The van der Waals surface area contributed by atoms with Gasteiger partial charge in [-0.3, -0.25) is 14.4 Å². The second-order valence-corrected chi connectivity index (χ2v) is 9.63. The molecular weight excluding hydrogens is 424 g/mol. The van der Waals surface area contributed by atoms with Crippen molar-refractivity contribution >= 4 is 17.8 Å². The first-order chi connectivity index (χ1) is 15.7. The Morgan fingerprint density at radius 2 is 1.70 bits per heavy atom. The first-order valence-electron chi connectivity index (χ1n) is 11.6. The van der Waals surface area contributed by atoms with Crippen LogP contribution in [0.4, 0.5) is 0 Å². The van der Waals surface area contributed by atoms with Gasteiger partial charge in [0, 0.05) is 51.5 Å².